The third-order valence-electron chi connectivity index (χ3n) is 3.07. The van der Waals surface area contributed by atoms with Gasteiger partial charge in [-0.05, 0) is 25.0 Å². The third-order valence-corrected chi connectivity index (χ3v) is 3.07. The second-order valence-electron chi connectivity index (χ2n) is 4.70. The second kappa shape index (κ2) is 5.07. The molecular weight excluding hydrogens is 244 g/mol. The lowest BCUT2D eigenvalue weighted by molar-refractivity contribution is 0.00755. The highest BCUT2D eigenvalue weighted by atomic mass is 16.5. The first-order valence-electron chi connectivity index (χ1n) is 6.33. The van der Waals surface area contributed by atoms with Crippen LogP contribution in [0.4, 0.5) is 0 Å². The molecule has 0 spiro atoms. The fourth-order valence-electron chi connectivity index (χ4n) is 2.14. The van der Waals surface area contributed by atoms with Crippen LogP contribution in [0.25, 0.3) is 11.5 Å². The first-order chi connectivity index (χ1) is 9.24. The van der Waals surface area contributed by atoms with Crippen molar-refractivity contribution in [3.63, 3.8) is 0 Å². The summed E-state index contributed by atoms with van der Waals surface area (Å²) in [6.45, 7) is 6.21. The molecule has 1 atom stereocenters. The van der Waals surface area contributed by atoms with E-state index in [-0.39, 0.29) is 6.10 Å². The summed E-state index contributed by atoms with van der Waals surface area (Å²) in [5, 5.41) is 7.23. The standard InChI is InChI=1S/C13H16N4O2/c1-8-5-9(2)11(15-6-8)12-16-13(19-17-12)10-7-14-3-4-18-10/h5-6,10,14H,3-4,7H2,1-2H3. The van der Waals surface area contributed by atoms with Crippen LogP contribution in [0, 0.1) is 13.8 Å². The number of morpholine rings is 1. The van der Waals surface area contributed by atoms with Gasteiger partial charge < -0.3 is 14.6 Å². The zero-order valence-electron chi connectivity index (χ0n) is 11.0. The van der Waals surface area contributed by atoms with Gasteiger partial charge in [0.1, 0.15) is 11.8 Å². The molecule has 1 fully saturated rings. The summed E-state index contributed by atoms with van der Waals surface area (Å²) in [6.07, 6.45) is 1.64. The topological polar surface area (TPSA) is 73.1 Å². The molecular formula is C13H16N4O2. The van der Waals surface area contributed by atoms with Gasteiger partial charge in [0.2, 0.25) is 5.82 Å². The Bertz CT molecular complexity index is 576. The summed E-state index contributed by atoms with van der Waals surface area (Å²) in [4.78, 5) is 8.75. The van der Waals surface area contributed by atoms with E-state index < -0.39 is 0 Å². The Hall–Kier alpha value is -1.79. The molecule has 0 bridgehead atoms. The van der Waals surface area contributed by atoms with Crippen LogP contribution in [0.2, 0.25) is 0 Å². The van der Waals surface area contributed by atoms with Crippen LogP contribution in [-0.4, -0.2) is 34.8 Å². The highest BCUT2D eigenvalue weighted by Gasteiger charge is 2.23. The number of nitrogens with zero attached hydrogens (tertiary/aromatic N) is 3. The molecule has 2 aromatic heterocycles. The molecule has 3 rings (SSSR count). The van der Waals surface area contributed by atoms with Gasteiger partial charge in [0, 0.05) is 19.3 Å². The number of pyridine rings is 1. The minimum absolute atomic E-state index is 0.166. The molecule has 1 aliphatic heterocycles. The van der Waals surface area contributed by atoms with Crippen LogP contribution < -0.4 is 5.32 Å². The molecule has 1 saturated heterocycles. The molecule has 0 amide bonds. The maximum atomic E-state index is 5.58. The van der Waals surface area contributed by atoms with Crippen LogP contribution in [0.1, 0.15) is 23.1 Å². The van der Waals surface area contributed by atoms with Crippen molar-refractivity contribution in [2.45, 2.75) is 20.0 Å². The summed E-state index contributed by atoms with van der Waals surface area (Å²) in [5.74, 6) is 1.02. The molecule has 1 unspecified atom stereocenters. The van der Waals surface area contributed by atoms with E-state index in [1.807, 2.05) is 13.8 Å². The van der Waals surface area contributed by atoms with Crippen LogP contribution >= 0.6 is 0 Å². The molecule has 2 aromatic rings. The smallest absolute Gasteiger partial charge is 0.257 e. The third kappa shape index (κ3) is 2.50. The highest BCUT2D eigenvalue weighted by Crippen LogP contribution is 2.22. The molecule has 19 heavy (non-hydrogen) atoms. The number of nitrogens with one attached hydrogen (secondary N) is 1. The molecule has 3 heterocycles. The Kier molecular flexibility index (Phi) is 3.27. The Morgan fingerprint density at radius 1 is 1.37 bits per heavy atom. The monoisotopic (exact) mass is 260 g/mol. The van der Waals surface area contributed by atoms with Crippen molar-refractivity contribution in [2.75, 3.05) is 19.7 Å². The molecule has 6 heteroatoms. The molecule has 0 aromatic carbocycles. The van der Waals surface area contributed by atoms with Gasteiger partial charge in [0.15, 0.2) is 0 Å². The van der Waals surface area contributed by atoms with Crippen molar-refractivity contribution in [1.82, 2.24) is 20.4 Å². The van der Waals surface area contributed by atoms with Gasteiger partial charge in [-0.25, -0.2) is 0 Å². The van der Waals surface area contributed by atoms with E-state index in [0.29, 0.717) is 24.9 Å². The van der Waals surface area contributed by atoms with Crippen LogP contribution in [0.3, 0.4) is 0 Å². The molecule has 100 valence electrons. The zero-order chi connectivity index (χ0) is 13.2. The predicted molar refractivity (Wildman–Crippen MR) is 68.6 cm³/mol. The maximum Gasteiger partial charge on any atom is 0.257 e. The molecule has 1 aliphatic rings. The normalized spacial score (nSPS) is 19.6. The lowest BCUT2D eigenvalue weighted by Crippen LogP contribution is -2.33. The summed E-state index contributed by atoms with van der Waals surface area (Å²) < 4.78 is 10.9. The van der Waals surface area contributed by atoms with Gasteiger partial charge >= 0.3 is 0 Å². The molecule has 0 radical (unpaired) electrons. The summed E-state index contributed by atoms with van der Waals surface area (Å²) in [5.41, 5.74) is 2.91. The Labute approximate surface area is 111 Å². The van der Waals surface area contributed by atoms with E-state index in [0.717, 1.165) is 23.4 Å². The largest absolute Gasteiger partial charge is 0.366 e. The van der Waals surface area contributed by atoms with Gasteiger partial charge in [-0.3, -0.25) is 4.98 Å². The fourth-order valence-corrected chi connectivity index (χ4v) is 2.14. The molecule has 1 N–H and O–H groups in total. The van der Waals surface area contributed by atoms with E-state index in [2.05, 4.69) is 26.5 Å². The van der Waals surface area contributed by atoms with Crippen molar-refractivity contribution in [2.24, 2.45) is 0 Å². The van der Waals surface area contributed by atoms with E-state index in [4.69, 9.17) is 9.26 Å². The number of ether oxygens (including phenoxy) is 1. The number of aromatic nitrogens is 3. The van der Waals surface area contributed by atoms with Gasteiger partial charge in [0.05, 0.1) is 6.61 Å². The average Bonchev–Trinajstić information content (AvgIpc) is 2.89. The van der Waals surface area contributed by atoms with Gasteiger partial charge in [-0.15, -0.1) is 0 Å². The SMILES string of the molecule is Cc1cnc(-c2noc(C3CNCCO3)n2)c(C)c1. The fraction of sp³-hybridized carbons (Fsp3) is 0.462. The van der Waals surface area contributed by atoms with Crippen molar-refractivity contribution >= 4 is 0 Å². The summed E-state index contributed by atoms with van der Waals surface area (Å²) >= 11 is 0. The maximum absolute atomic E-state index is 5.58. The van der Waals surface area contributed by atoms with Crippen molar-refractivity contribution in [3.8, 4) is 11.5 Å². The van der Waals surface area contributed by atoms with E-state index in [1.165, 1.54) is 0 Å². The van der Waals surface area contributed by atoms with E-state index >= 15 is 0 Å². The van der Waals surface area contributed by atoms with Crippen molar-refractivity contribution < 1.29 is 9.26 Å². The van der Waals surface area contributed by atoms with Crippen molar-refractivity contribution in [3.05, 3.63) is 29.3 Å². The molecule has 6 nitrogen and oxygen atoms in total. The van der Waals surface area contributed by atoms with Crippen molar-refractivity contribution in [1.29, 1.82) is 0 Å². The first kappa shape index (κ1) is 12.3. The quantitative estimate of drug-likeness (QED) is 0.880. The number of aryl methyl sites for hydroxylation is 2. The van der Waals surface area contributed by atoms with Gasteiger partial charge in [0.25, 0.3) is 5.89 Å². The van der Waals surface area contributed by atoms with Crippen LogP contribution in [-0.2, 0) is 4.74 Å². The minimum Gasteiger partial charge on any atom is -0.366 e. The van der Waals surface area contributed by atoms with Gasteiger partial charge in [-0.2, -0.15) is 4.98 Å². The van der Waals surface area contributed by atoms with Gasteiger partial charge in [-0.1, -0.05) is 11.2 Å². The number of rotatable bonds is 2. The second-order valence-corrected chi connectivity index (χ2v) is 4.70. The number of hydrogen-bond acceptors (Lipinski definition) is 6. The average molecular weight is 260 g/mol. The van der Waals surface area contributed by atoms with Crippen LogP contribution in [0.15, 0.2) is 16.8 Å². The Balaban J connectivity index is 1.87. The van der Waals surface area contributed by atoms with E-state index in [9.17, 15) is 0 Å². The number of hydrogen-bond donors (Lipinski definition) is 1. The minimum atomic E-state index is -0.166. The zero-order valence-corrected chi connectivity index (χ0v) is 11.0. The van der Waals surface area contributed by atoms with E-state index in [1.54, 1.807) is 6.20 Å². The lowest BCUT2D eigenvalue weighted by atomic mass is 10.1. The molecule has 0 aliphatic carbocycles. The highest BCUT2D eigenvalue weighted by molar-refractivity contribution is 5.54. The van der Waals surface area contributed by atoms with Crippen LogP contribution in [0.5, 0.6) is 0 Å². The molecule has 0 saturated carbocycles. The lowest BCUT2D eigenvalue weighted by Gasteiger charge is -2.19. The Morgan fingerprint density at radius 2 is 2.26 bits per heavy atom. The summed E-state index contributed by atoms with van der Waals surface area (Å²) in [6, 6.07) is 2.05. The Morgan fingerprint density at radius 3 is 3.00 bits per heavy atom. The first-order valence-corrected chi connectivity index (χ1v) is 6.33. The predicted octanol–water partition coefficient (Wildman–Crippen LogP) is 1.41. The summed E-state index contributed by atoms with van der Waals surface area (Å²) in [7, 11) is 0.